The molecule has 0 radical (unpaired) electrons. The molecule has 0 amide bonds. The summed E-state index contributed by atoms with van der Waals surface area (Å²) in [5.41, 5.74) is 0. The molecule has 1 N–H and O–H groups in total. The van der Waals surface area contributed by atoms with E-state index in [0.717, 1.165) is 6.42 Å². The first-order valence-corrected chi connectivity index (χ1v) is 7.66. The summed E-state index contributed by atoms with van der Waals surface area (Å²) >= 11 is 3.84. The summed E-state index contributed by atoms with van der Waals surface area (Å²) in [6, 6.07) is 1.16. The maximum Gasteiger partial charge on any atom is 0.109 e. The van der Waals surface area contributed by atoms with Crippen molar-refractivity contribution in [1.82, 2.24) is 10.3 Å². The molecule has 1 aliphatic heterocycles. The fraction of sp³-hybridized carbons (Fsp3) is 0.727. The summed E-state index contributed by atoms with van der Waals surface area (Å²) in [5, 5.41) is 7.04. The van der Waals surface area contributed by atoms with Crippen LogP contribution in [-0.2, 0) is 0 Å². The van der Waals surface area contributed by atoms with Crippen LogP contribution in [-0.4, -0.2) is 22.5 Å². The standard InChI is InChI=1S/C11H18N2S2/c1-2-10(11-12-5-7-15-11)13-9-4-3-6-14-8-9/h5,7,9-10,13H,2-4,6,8H2,1H3. The van der Waals surface area contributed by atoms with Crippen molar-refractivity contribution >= 4 is 23.1 Å². The number of aromatic nitrogens is 1. The second-order valence-electron chi connectivity index (χ2n) is 3.91. The van der Waals surface area contributed by atoms with Crippen LogP contribution < -0.4 is 5.32 Å². The van der Waals surface area contributed by atoms with Crippen molar-refractivity contribution in [2.75, 3.05) is 11.5 Å². The van der Waals surface area contributed by atoms with Crippen molar-refractivity contribution in [1.29, 1.82) is 0 Å². The van der Waals surface area contributed by atoms with Gasteiger partial charge in [-0.25, -0.2) is 4.98 Å². The zero-order chi connectivity index (χ0) is 10.5. The van der Waals surface area contributed by atoms with E-state index < -0.39 is 0 Å². The van der Waals surface area contributed by atoms with Gasteiger partial charge in [0.05, 0.1) is 6.04 Å². The van der Waals surface area contributed by atoms with Crippen LogP contribution in [0.1, 0.15) is 37.2 Å². The van der Waals surface area contributed by atoms with Crippen molar-refractivity contribution < 1.29 is 0 Å². The van der Waals surface area contributed by atoms with Gasteiger partial charge in [-0.15, -0.1) is 11.3 Å². The van der Waals surface area contributed by atoms with Gasteiger partial charge in [0.2, 0.25) is 0 Å². The third-order valence-corrected chi connectivity index (χ3v) is 4.86. The van der Waals surface area contributed by atoms with E-state index in [1.165, 1.54) is 29.4 Å². The average Bonchev–Trinajstić information content (AvgIpc) is 2.81. The van der Waals surface area contributed by atoms with E-state index in [0.29, 0.717) is 12.1 Å². The topological polar surface area (TPSA) is 24.9 Å². The van der Waals surface area contributed by atoms with Gasteiger partial charge < -0.3 is 5.32 Å². The molecular weight excluding hydrogens is 224 g/mol. The fourth-order valence-electron chi connectivity index (χ4n) is 1.93. The first-order valence-electron chi connectivity index (χ1n) is 5.63. The Hall–Kier alpha value is -0.0600. The molecular formula is C11H18N2S2. The Kier molecular flexibility index (Phi) is 4.47. The van der Waals surface area contributed by atoms with Crippen LogP contribution in [0.4, 0.5) is 0 Å². The Morgan fingerprint density at radius 3 is 3.20 bits per heavy atom. The Morgan fingerprint density at radius 1 is 1.67 bits per heavy atom. The molecule has 1 aromatic rings. The van der Waals surface area contributed by atoms with E-state index in [1.807, 2.05) is 6.20 Å². The van der Waals surface area contributed by atoms with Crippen LogP contribution in [0.25, 0.3) is 0 Å². The van der Waals surface area contributed by atoms with Crippen LogP contribution in [0.15, 0.2) is 11.6 Å². The second-order valence-corrected chi connectivity index (χ2v) is 5.99. The molecule has 0 aliphatic carbocycles. The molecule has 1 aromatic heterocycles. The number of thiazole rings is 1. The van der Waals surface area contributed by atoms with Gasteiger partial charge in [0.25, 0.3) is 0 Å². The molecule has 2 nitrogen and oxygen atoms in total. The van der Waals surface area contributed by atoms with Gasteiger partial charge in [-0.05, 0) is 25.0 Å². The van der Waals surface area contributed by atoms with Gasteiger partial charge >= 0.3 is 0 Å². The molecule has 2 heterocycles. The molecule has 84 valence electrons. The predicted molar refractivity (Wildman–Crippen MR) is 68.6 cm³/mol. The van der Waals surface area contributed by atoms with Crippen LogP contribution in [0.3, 0.4) is 0 Å². The highest BCUT2D eigenvalue weighted by Gasteiger charge is 2.19. The number of nitrogens with zero attached hydrogens (tertiary/aromatic N) is 1. The molecule has 15 heavy (non-hydrogen) atoms. The summed E-state index contributed by atoms with van der Waals surface area (Å²) in [7, 11) is 0. The maximum absolute atomic E-state index is 4.40. The van der Waals surface area contributed by atoms with Crippen LogP contribution in [0.5, 0.6) is 0 Å². The molecule has 0 aromatic carbocycles. The number of hydrogen-bond acceptors (Lipinski definition) is 4. The van der Waals surface area contributed by atoms with Crippen LogP contribution >= 0.6 is 23.1 Å². The zero-order valence-corrected chi connectivity index (χ0v) is 10.7. The maximum atomic E-state index is 4.40. The Morgan fingerprint density at radius 2 is 2.60 bits per heavy atom. The zero-order valence-electron chi connectivity index (χ0n) is 9.11. The molecule has 2 unspecified atom stereocenters. The van der Waals surface area contributed by atoms with Crippen LogP contribution in [0, 0.1) is 0 Å². The number of nitrogens with one attached hydrogen (secondary N) is 1. The second kappa shape index (κ2) is 5.87. The molecule has 0 spiro atoms. The minimum Gasteiger partial charge on any atom is -0.304 e. The van der Waals surface area contributed by atoms with Gasteiger partial charge in [0.15, 0.2) is 0 Å². The van der Waals surface area contributed by atoms with Crippen LogP contribution in [0.2, 0.25) is 0 Å². The quantitative estimate of drug-likeness (QED) is 0.878. The van der Waals surface area contributed by atoms with E-state index in [-0.39, 0.29) is 0 Å². The van der Waals surface area contributed by atoms with Gasteiger partial charge in [-0.2, -0.15) is 11.8 Å². The molecule has 2 atom stereocenters. The fourth-order valence-corrected chi connectivity index (χ4v) is 3.79. The largest absolute Gasteiger partial charge is 0.304 e. The Bertz CT molecular complexity index is 268. The van der Waals surface area contributed by atoms with Gasteiger partial charge in [0.1, 0.15) is 5.01 Å². The van der Waals surface area contributed by atoms with Gasteiger partial charge in [-0.3, -0.25) is 0 Å². The molecule has 1 aliphatic rings. The van der Waals surface area contributed by atoms with E-state index in [2.05, 4.69) is 34.4 Å². The highest BCUT2D eigenvalue weighted by Crippen LogP contribution is 2.23. The van der Waals surface area contributed by atoms with E-state index in [1.54, 1.807) is 11.3 Å². The molecule has 1 fully saturated rings. The van der Waals surface area contributed by atoms with Crippen molar-refractivity contribution in [3.8, 4) is 0 Å². The monoisotopic (exact) mass is 242 g/mol. The Labute approximate surface area is 99.9 Å². The summed E-state index contributed by atoms with van der Waals surface area (Å²) in [6.07, 6.45) is 5.72. The summed E-state index contributed by atoms with van der Waals surface area (Å²) < 4.78 is 0. The minimum atomic E-state index is 0.466. The molecule has 2 rings (SSSR count). The first kappa shape index (κ1) is 11.4. The minimum absolute atomic E-state index is 0.466. The Balaban J connectivity index is 1.90. The van der Waals surface area contributed by atoms with Crippen molar-refractivity contribution in [2.45, 2.75) is 38.3 Å². The van der Waals surface area contributed by atoms with Crippen molar-refractivity contribution in [3.05, 3.63) is 16.6 Å². The van der Waals surface area contributed by atoms with E-state index >= 15 is 0 Å². The predicted octanol–water partition coefficient (Wildman–Crippen LogP) is 3.08. The van der Waals surface area contributed by atoms with E-state index in [9.17, 15) is 0 Å². The number of thioether (sulfide) groups is 1. The molecule has 4 heteroatoms. The normalized spacial score (nSPS) is 23.9. The smallest absolute Gasteiger partial charge is 0.109 e. The van der Waals surface area contributed by atoms with Crippen molar-refractivity contribution in [2.24, 2.45) is 0 Å². The highest BCUT2D eigenvalue weighted by atomic mass is 32.2. The van der Waals surface area contributed by atoms with Gasteiger partial charge in [-0.1, -0.05) is 6.92 Å². The molecule has 1 saturated heterocycles. The first-order chi connectivity index (χ1) is 7.40. The summed E-state index contributed by atoms with van der Waals surface area (Å²) in [4.78, 5) is 4.40. The lowest BCUT2D eigenvalue weighted by molar-refractivity contribution is 0.424. The summed E-state index contributed by atoms with van der Waals surface area (Å²) in [6.45, 7) is 2.23. The summed E-state index contributed by atoms with van der Waals surface area (Å²) in [5.74, 6) is 2.61. The third kappa shape index (κ3) is 3.20. The lowest BCUT2D eigenvalue weighted by atomic mass is 10.1. The molecule has 0 bridgehead atoms. The molecule has 0 saturated carbocycles. The number of hydrogen-bond donors (Lipinski definition) is 1. The number of rotatable bonds is 4. The van der Waals surface area contributed by atoms with Gasteiger partial charge in [0, 0.05) is 23.4 Å². The lowest BCUT2D eigenvalue weighted by Crippen LogP contribution is -2.36. The third-order valence-electron chi connectivity index (χ3n) is 2.75. The van der Waals surface area contributed by atoms with Crippen molar-refractivity contribution in [3.63, 3.8) is 0 Å². The van der Waals surface area contributed by atoms with E-state index in [4.69, 9.17) is 0 Å². The highest BCUT2D eigenvalue weighted by molar-refractivity contribution is 7.99. The SMILES string of the molecule is CCC(NC1CCCSC1)c1nccs1. The average molecular weight is 242 g/mol. The lowest BCUT2D eigenvalue weighted by Gasteiger charge is -2.26.